The zero-order chi connectivity index (χ0) is 21.3. The first-order chi connectivity index (χ1) is 13.9. The first kappa shape index (κ1) is 22.6. The van der Waals surface area contributed by atoms with E-state index >= 15 is 0 Å². The van der Waals surface area contributed by atoms with E-state index < -0.39 is 10.0 Å². The van der Waals surface area contributed by atoms with Gasteiger partial charge in [0.2, 0.25) is 10.0 Å². The molecular formula is C22H26N2O4S. The number of carbonyl (C=O) groups excluding carboxylic acids is 1. The van der Waals surface area contributed by atoms with Crippen molar-refractivity contribution < 1.29 is 17.9 Å². The molecule has 0 aliphatic carbocycles. The molecule has 0 fully saturated rings. The van der Waals surface area contributed by atoms with Gasteiger partial charge in [-0.1, -0.05) is 36.3 Å². The number of carbonyl (C=O) groups is 1. The summed E-state index contributed by atoms with van der Waals surface area (Å²) in [6, 6.07) is 15.6. The largest absolute Gasteiger partial charge is 0.383 e. The molecule has 2 aromatic carbocycles. The van der Waals surface area contributed by atoms with Crippen molar-refractivity contribution in [3.05, 3.63) is 65.7 Å². The summed E-state index contributed by atoms with van der Waals surface area (Å²) in [5.41, 5.74) is 1.53. The number of rotatable bonds is 10. The average Bonchev–Trinajstić information content (AvgIpc) is 2.73. The molecule has 2 aromatic rings. The van der Waals surface area contributed by atoms with E-state index in [9.17, 15) is 13.2 Å². The van der Waals surface area contributed by atoms with Gasteiger partial charge in [0, 0.05) is 19.2 Å². The first-order valence-electron chi connectivity index (χ1n) is 9.30. The Hall–Kier alpha value is -2.66. The van der Waals surface area contributed by atoms with E-state index in [0.29, 0.717) is 25.1 Å². The molecule has 0 aliphatic heterocycles. The van der Waals surface area contributed by atoms with Gasteiger partial charge in [-0.25, -0.2) is 8.42 Å². The maximum absolute atomic E-state index is 13.1. The van der Waals surface area contributed by atoms with E-state index in [-0.39, 0.29) is 23.4 Å². The van der Waals surface area contributed by atoms with Crippen molar-refractivity contribution in [1.82, 2.24) is 9.62 Å². The van der Waals surface area contributed by atoms with Gasteiger partial charge in [-0.15, -0.1) is 6.42 Å². The Balaban J connectivity index is 2.21. The molecule has 1 amide bonds. The van der Waals surface area contributed by atoms with Crippen molar-refractivity contribution in [2.45, 2.75) is 24.3 Å². The van der Waals surface area contributed by atoms with Crippen LogP contribution in [0.5, 0.6) is 0 Å². The third kappa shape index (κ3) is 6.16. The fraction of sp³-hybridized carbons (Fsp3) is 0.318. The third-order valence-electron chi connectivity index (χ3n) is 4.49. The molecule has 2 rings (SSSR count). The fourth-order valence-electron chi connectivity index (χ4n) is 3.07. The number of sulfonamides is 1. The maximum Gasteiger partial charge on any atom is 0.254 e. The van der Waals surface area contributed by atoms with Crippen LogP contribution >= 0.6 is 0 Å². The SMILES string of the molecule is C#CCNS(=O)(=O)c1ccc(C(=O)N(CC)[C@@H](COC)Cc2ccccc2)cc1. The smallest absolute Gasteiger partial charge is 0.254 e. The van der Waals surface area contributed by atoms with Crippen LogP contribution in [0, 0.1) is 12.3 Å². The molecule has 154 valence electrons. The predicted molar refractivity (Wildman–Crippen MR) is 113 cm³/mol. The highest BCUT2D eigenvalue weighted by molar-refractivity contribution is 7.89. The number of ether oxygens (including phenoxy) is 1. The molecule has 0 spiro atoms. The van der Waals surface area contributed by atoms with Crippen LogP contribution in [0.3, 0.4) is 0 Å². The molecule has 0 aliphatic rings. The minimum atomic E-state index is -3.69. The predicted octanol–water partition coefficient (Wildman–Crippen LogP) is 2.32. The summed E-state index contributed by atoms with van der Waals surface area (Å²) in [5.74, 6) is 2.05. The highest BCUT2D eigenvalue weighted by atomic mass is 32.2. The number of nitrogens with zero attached hydrogens (tertiary/aromatic N) is 1. The molecule has 0 aromatic heterocycles. The average molecular weight is 415 g/mol. The van der Waals surface area contributed by atoms with E-state index in [0.717, 1.165) is 5.56 Å². The Morgan fingerprint density at radius 2 is 1.83 bits per heavy atom. The molecule has 0 radical (unpaired) electrons. The van der Waals surface area contributed by atoms with E-state index in [2.05, 4.69) is 10.6 Å². The molecule has 0 unspecified atom stereocenters. The van der Waals surface area contributed by atoms with E-state index in [1.165, 1.54) is 24.3 Å². The zero-order valence-corrected chi connectivity index (χ0v) is 17.5. The molecule has 7 heteroatoms. The quantitative estimate of drug-likeness (QED) is 0.606. The normalized spacial score (nSPS) is 12.2. The second kappa shape index (κ2) is 10.8. The summed E-state index contributed by atoms with van der Waals surface area (Å²) < 4.78 is 31.9. The summed E-state index contributed by atoms with van der Waals surface area (Å²) in [4.78, 5) is 14.9. The lowest BCUT2D eigenvalue weighted by atomic mass is 10.0. The van der Waals surface area contributed by atoms with Crippen LogP contribution in [0.2, 0.25) is 0 Å². The second-order valence-corrected chi connectivity index (χ2v) is 8.21. The number of amides is 1. The monoisotopic (exact) mass is 414 g/mol. The van der Waals surface area contributed by atoms with Gasteiger partial charge in [-0.05, 0) is 43.2 Å². The number of hydrogen-bond donors (Lipinski definition) is 1. The van der Waals surface area contributed by atoms with Gasteiger partial charge >= 0.3 is 0 Å². The van der Waals surface area contributed by atoms with Crippen LogP contribution in [0.25, 0.3) is 0 Å². The molecule has 0 saturated carbocycles. The third-order valence-corrected chi connectivity index (χ3v) is 5.91. The Morgan fingerprint density at radius 3 is 2.38 bits per heavy atom. The number of terminal acetylenes is 1. The highest BCUT2D eigenvalue weighted by Gasteiger charge is 2.24. The molecule has 6 nitrogen and oxygen atoms in total. The van der Waals surface area contributed by atoms with Gasteiger partial charge in [-0.2, -0.15) is 4.72 Å². The van der Waals surface area contributed by atoms with Gasteiger partial charge in [0.05, 0.1) is 24.1 Å². The molecule has 29 heavy (non-hydrogen) atoms. The Kier molecular flexibility index (Phi) is 8.40. The number of methoxy groups -OCH3 is 1. The van der Waals surface area contributed by atoms with Crippen molar-refractivity contribution in [2.75, 3.05) is 26.8 Å². The minimum absolute atomic E-state index is 0.0603. The first-order valence-corrected chi connectivity index (χ1v) is 10.8. The van der Waals surface area contributed by atoms with Crippen LogP contribution in [-0.2, 0) is 21.2 Å². The summed E-state index contributed by atoms with van der Waals surface area (Å²) in [5, 5.41) is 0. The molecule has 0 bridgehead atoms. The van der Waals surface area contributed by atoms with Gasteiger partial charge in [0.1, 0.15) is 0 Å². The minimum Gasteiger partial charge on any atom is -0.383 e. The molecule has 0 saturated heterocycles. The van der Waals surface area contributed by atoms with Crippen LogP contribution in [0.1, 0.15) is 22.8 Å². The van der Waals surface area contributed by atoms with Crippen LogP contribution in [0.4, 0.5) is 0 Å². The topological polar surface area (TPSA) is 75.7 Å². The lowest BCUT2D eigenvalue weighted by Gasteiger charge is -2.31. The second-order valence-electron chi connectivity index (χ2n) is 6.44. The van der Waals surface area contributed by atoms with Gasteiger partial charge in [0.15, 0.2) is 0 Å². The van der Waals surface area contributed by atoms with E-state index in [4.69, 9.17) is 11.2 Å². The fourth-order valence-corrected chi connectivity index (χ4v) is 4.00. The molecule has 1 atom stereocenters. The lowest BCUT2D eigenvalue weighted by molar-refractivity contribution is 0.0546. The summed E-state index contributed by atoms with van der Waals surface area (Å²) in [6.07, 6.45) is 5.76. The summed E-state index contributed by atoms with van der Waals surface area (Å²) in [7, 11) is -2.08. The lowest BCUT2D eigenvalue weighted by Crippen LogP contribution is -2.44. The highest BCUT2D eigenvalue weighted by Crippen LogP contribution is 2.16. The van der Waals surface area contributed by atoms with Gasteiger partial charge < -0.3 is 9.64 Å². The maximum atomic E-state index is 13.1. The van der Waals surface area contributed by atoms with Crippen LogP contribution in [0.15, 0.2) is 59.5 Å². The van der Waals surface area contributed by atoms with Crippen molar-refractivity contribution >= 4 is 15.9 Å². The number of likely N-dealkylation sites (N-methyl/N-ethyl adjacent to an activating group) is 1. The Labute approximate surface area is 172 Å². The van der Waals surface area contributed by atoms with Crippen molar-refractivity contribution in [1.29, 1.82) is 0 Å². The van der Waals surface area contributed by atoms with Crippen LogP contribution < -0.4 is 4.72 Å². The molecular weight excluding hydrogens is 388 g/mol. The summed E-state index contributed by atoms with van der Waals surface area (Å²) >= 11 is 0. The van der Waals surface area contributed by atoms with Gasteiger partial charge in [0.25, 0.3) is 5.91 Å². The molecule has 0 heterocycles. The standard InChI is InChI=1S/C22H26N2O4S/c1-4-15-23-29(26,27)21-13-11-19(12-14-21)22(25)24(5-2)20(17-28-3)16-18-9-7-6-8-10-18/h1,6-14,20,23H,5,15-17H2,2-3H3/t20-/m1/s1. The van der Waals surface area contributed by atoms with Crippen molar-refractivity contribution in [2.24, 2.45) is 0 Å². The Bertz CT molecular complexity index is 935. The number of nitrogens with one attached hydrogen (secondary N) is 1. The van der Waals surface area contributed by atoms with Crippen molar-refractivity contribution in [3.63, 3.8) is 0 Å². The Morgan fingerprint density at radius 1 is 1.17 bits per heavy atom. The van der Waals surface area contributed by atoms with Crippen molar-refractivity contribution in [3.8, 4) is 12.3 Å². The summed E-state index contributed by atoms with van der Waals surface area (Å²) in [6.45, 7) is 2.72. The van der Waals surface area contributed by atoms with E-state index in [1.807, 2.05) is 37.3 Å². The number of hydrogen-bond acceptors (Lipinski definition) is 4. The zero-order valence-electron chi connectivity index (χ0n) is 16.7. The van der Waals surface area contributed by atoms with E-state index in [1.54, 1.807) is 12.0 Å². The van der Waals surface area contributed by atoms with Crippen LogP contribution in [-0.4, -0.2) is 52.1 Å². The number of benzene rings is 2. The molecule has 1 N–H and O–H groups in total. The van der Waals surface area contributed by atoms with Gasteiger partial charge in [-0.3, -0.25) is 4.79 Å².